The van der Waals surface area contributed by atoms with E-state index in [0.717, 1.165) is 0 Å². The van der Waals surface area contributed by atoms with Crippen LogP contribution in [0.3, 0.4) is 0 Å². The van der Waals surface area contributed by atoms with E-state index in [2.05, 4.69) is 10.1 Å². The second-order valence-electron chi connectivity index (χ2n) is 4.63. The van der Waals surface area contributed by atoms with Crippen LogP contribution >= 0.6 is 11.6 Å². The van der Waals surface area contributed by atoms with Gasteiger partial charge < -0.3 is 10.1 Å². The van der Waals surface area contributed by atoms with Crippen molar-refractivity contribution >= 4 is 27.4 Å². The lowest BCUT2D eigenvalue weighted by atomic mass is 10.3. The molecule has 0 aliphatic heterocycles. The van der Waals surface area contributed by atoms with Gasteiger partial charge in [-0.3, -0.25) is 4.79 Å². The van der Waals surface area contributed by atoms with Gasteiger partial charge in [-0.15, -0.1) is 11.6 Å². The minimum absolute atomic E-state index is 0.0152. The van der Waals surface area contributed by atoms with Gasteiger partial charge in [0.2, 0.25) is 0 Å². The lowest BCUT2D eigenvalue weighted by Gasteiger charge is -2.19. The fourth-order valence-corrected chi connectivity index (χ4v) is 2.18. The fraction of sp³-hybridized carbons (Fsp3) is 0.900. The summed E-state index contributed by atoms with van der Waals surface area (Å²) in [7, 11) is -1.89. The maximum absolute atomic E-state index is 11.7. The topological polar surface area (TPSA) is 72.5 Å². The number of nitrogens with one attached hydrogen (secondary N) is 1. The molecule has 0 fully saturated rings. The molecule has 0 aliphatic rings. The van der Waals surface area contributed by atoms with Gasteiger partial charge in [-0.1, -0.05) is 0 Å². The van der Waals surface area contributed by atoms with Gasteiger partial charge in [-0.05, 0) is 20.8 Å². The van der Waals surface area contributed by atoms with E-state index >= 15 is 0 Å². The molecule has 5 nitrogen and oxygen atoms in total. The van der Waals surface area contributed by atoms with Crippen LogP contribution < -0.4 is 5.32 Å². The van der Waals surface area contributed by atoms with Crippen molar-refractivity contribution in [3.8, 4) is 0 Å². The summed E-state index contributed by atoms with van der Waals surface area (Å²) < 4.78 is 27.1. The second kappa shape index (κ2) is 6.56. The molecular weight excluding hydrogens is 266 g/mol. The third-order valence-electron chi connectivity index (χ3n) is 2.26. The first-order valence-electron chi connectivity index (χ1n) is 5.26. The van der Waals surface area contributed by atoms with E-state index in [1.165, 1.54) is 7.11 Å². The van der Waals surface area contributed by atoms with Crippen LogP contribution in [0.2, 0.25) is 0 Å². The molecule has 1 unspecified atom stereocenters. The van der Waals surface area contributed by atoms with Crippen molar-refractivity contribution in [2.75, 3.05) is 26.0 Å². The van der Waals surface area contributed by atoms with Crippen LogP contribution in [-0.2, 0) is 19.4 Å². The monoisotopic (exact) mass is 285 g/mol. The lowest BCUT2D eigenvalue weighted by molar-refractivity contribution is -0.140. The van der Waals surface area contributed by atoms with Crippen molar-refractivity contribution in [1.29, 1.82) is 0 Å². The largest absolute Gasteiger partial charge is 0.468 e. The maximum atomic E-state index is 11.7. The highest BCUT2D eigenvalue weighted by Crippen LogP contribution is 2.15. The summed E-state index contributed by atoms with van der Waals surface area (Å²) in [4.78, 5) is 10.9. The Morgan fingerprint density at radius 2 is 1.94 bits per heavy atom. The zero-order valence-corrected chi connectivity index (χ0v) is 12.2. The van der Waals surface area contributed by atoms with E-state index in [1.54, 1.807) is 20.8 Å². The second-order valence-corrected chi connectivity index (χ2v) is 8.02. The minimum atomic E-state index is -3.14. The molecule has 0 aromatic rings. The van der Waals surface area contributed by atoms with Crippen LogP contribution in [0.1, 0.15) is 20.8 Å². The molecule has 0 radical (unpaired) electrons. The molecule has 0 saturated carbocycles. The summed E-state index contributed by atoms with van der Waals surface area (Å²) >= 11 is 5.68. The first-order chi connectivity index (χ1) is 7.62. The number of ether oxygens (including phenoxy) is 1. The summed E-state index contributed by atoms with van der Waals surface area (Å²) in [6.45, 7) is 5.41. The molecule has 0 spiro atoms. The molecule has 17 heavy (non-hydrogen) atoms. The van der Waals surface area contributed by atoms with Crippen molar-refractivity contribution in [3.63, 3.8) is 0 Å². The summed E-state index contributed by atoms with van der Waals surface area (Å²) in [6, 6.07) is 0. The van der Waals surface area contributed by atoms with Crippen molar-refractivity contribution in [1.82, 2.24) is 5.32 Å². The van der Waals surface area contributed by atoms with E-state index < -0.39 is 25.9 Å². The fourth-order valence-electron chi connectivity index (χ4n) is 0.953. The van der Waals surface area contributed by atoms with Gasteiger partial charge in [-0.25, -0.2) is 8.42 Å². The molecule has 0 aromatic heterocycles. The van der Waals surface area contributed by atoms with Crippen molar-refractivity contribution in [2.45, 2.75) is 30.9 Å². The Bertz CT molecular complexity index is 348. The molecule has 0 aromatic carbocycles. The third-order valence-corrected chi connectivity index (χ3v) is 5.20. The van der Waals surface area contributed by atoms with Gasteiger partial charge in [0.1, 0.15) is 5.38 Å². The van der Waals surface area contributed by atoms with Crippen LogP contribution in [0.5, 0.6) is 0 Å². The molecule has 7 heteroatoms. The molecule has 102 valence electrons. The Labute approximate surface area is 108 Å². The van der Waals surface area contributed by atoms with Crippen molar-refractivity contribution in [3.05, 3.63) is 0 Å². The summed E-state index contributed by atoms with van der Waals surface area (Å²) in [5, 5.41) is 2.02. The number of alkyl halides is 1. The average Bonchev–Trinajstić information content (AvgIpc) is 2.21. The van der Waals surface area contributed by atoms with Gasteiger partial charge in [-0.2, -0.15) is 0 Å². The zero-order chi connectivity index (χ0) is 13.7. The normalized spacial score (nSPS) is 14.4. The molecule has 0 heterocycles. The quantitative estimate of drug-likeness (QED) is 0.439. The lowest BCUT2D eigenvalue weighted by Crippen LogP contribution is -2.37. The smallest absolute Gasteiger partial charge is 0.325 e. The number of rotatable bonds is 6. The number of sulfone groups is 1. The molecule has 0 rings (SSSR count). The molecule has 0 aliphatic carbocycles. The zero-order valence-electron chi connectivity index (χ0n) is 10.6. The van der Waals surface area contributed by atoms with E-state index in [4.69, 9.17) is 11.6 Å². The van der Waals surface area contributed by atoms with Gasteiger partial charge in [0.15, 0.2) is 9.84 Å². The number of hydrogen-bond donors (Lipinski definition) is 1. The van der Waals surface area contributed by atoms with E-state index in [9.17, 15) is 13.2 Å². The van der Waals surface area contributed by atoms with Crippen LogP contribution in [0.4, 0.5) is 0 Å². The maximum Gasteiger partial charge on any atom is 0.325 e. The van der Waals surface area contributed by atoms with Gasteiger partial charge >= 0.3 is 5.97 Å². The standard InChI is InChI=1S/C10H20ClNO4S/c1-10(2,3)17(14,15)6-5-12-7-8(11)9(13)16-4/h8,12H,5-7H2,1-4H3. The Hall–Kier alpha value is -0.330. The highest BCUT2D eigenvalue weighted by atomic mass is 35.5. The first kappa shape index (κ1) is 16.7. The van der Waals surface area contributed by atoms with Crippen LogP contribution in [-0.4, -0.2) is 50.5 Å². The van der Waals surface area contributed by atoms with Crippen molar-refractivity contribution in [2.24, 2.45) is 0 Å². The molecule has 0 saturated heterocycles. The Morgan fingerprint density at radius 3 is 2.35 bits per heavy atom. The number of carbonyl (C=O) groups excluding carboxylic acids is 1. The SMILES string of the molecule is COC(=O)C(Cl)CNCCS(=O)(=O)C(C)(C)C. The molecule has 0 bridgehead atoms. The van der Waals surface area contributed by atoms with Crippen LogP contribution in [0.25, 0.3) is 0 Å². The summed E-state index contributed by atoms with van der Waals surface area (Å²) in [5.74, 6) is -0.515. The van der Waals surface area contributed by atoms with Crippen molar-refractivity contribution < 1.29 is 17.9 Å². The first-order valence-corrected chi connectivity index (χ1v) is 7.35. The van der Waals surface area contributed by atoms with Gasteiger partial charge in [0.05, 0.1) is 17.6 Å². The Morgan fingerprint density at radius 1 is 1.41 bits per heavy atom. The number of hydrogen-bond acceptors (Lipinski definition) is 5. The Kier molecular flexibility index (Phi) is 6.43. The van der Waals surface area contributed by atoms with Crippen LogP contribution in [0.15, 0.2) is 0 Å². The Balaban J connectivity index is 3.99. The predicted octanol–water partition coefficient (Wildman–Crippen LogP) is 0.570. The summed E-state index contributed by atoms with van der Waals surface area (Å²) in [6.07, 6.45) is 0. The average molecular weight is 286 g/mol. The molecule has 1 atom stereocenters. The van der Waals surface area contributed by atoms with Gasteiger partial charge in [0.25, 0.3) is 0 Å². The molecular formula is C10H20ClNO4S. The molecule has 0 amide bonds. The number of halogens is 1. The van der Waals surface area contributed by atoms with E-state index in [-0.39, 0.29) is 18.8 Å². The number of carbonyl (C=O) groups is 1. The third kappa shape index (κ3) is 5.70. The van der Waals surface area contributed by atoms with E-state index in [1.807, 2.05) is 0 Å². The number of methoxy groups -OCH3 is 1. The highest BCUT2D eigenvalue weighted by Gasteiger charge is 2.28. The van der Waals surface area contributed by atoms with E-state index in [0.29, 0.717) is 0 Å². The predicted molar refractivity (Wildman–Crippen MR) is 68.1 cm³/mol. The van der Waals surface area contributed by atoms with Crippen LogP contribution in [0, 0.1) is 0 Å². The molecule has 1 N–H and O–H groups in total. The highest BCUT2D eigenvalue weighted by molar-refractivity contribution is 7.92. The number of esters is 1. The summed E-state index contributed by atoms with van der Waals surface area (Å²) in [5.41, 5.74) is 0. The minimum Gasteiger partial charge on any atom is -0.468 e. The van der Waals surface area contributed by atoms with Gasteiger partial charge in [0, 0.05) is 13.1 Å².